The van der Waals surface area contributed by atoms with E-state index in [1.807, 2.05) is 13.0 Å². The number of ketones is 1. The van der Waals surface area contributed by atoms with Crippen molar-refractivity contribution in [3.8, 4) is 5.75 Å². The Labute approximate surface area is 102 Å². The van der Waals surface area contributed by atoms with Crippen LogP contribution in [0.15, 0.2) is 24.3 Å². The maximum atomic E-state index is 12.3. The third kappa shape index (κ3) is 2.20. The van der Waals surface area contributed by atoms with Crippen LogP contribution in [0.25, 0.3) is 0 Å². The highest BCUT2D eigenvalue weighted by molar-refractivity contribution is 5.90. The summed E-state index contributed by atoms with van der Waals surface area (Å²) in [5.41, 5.74) is 0.315. The minimum atomic E-state index is -0.578. The Morgan fingerprint density at radius 1 is 1.41 bits per heavy atom. The number of carbonyl (C=O) groups excluding carboxylic acids is 1. The van der Waals surface area contributed by atoms with Gasteiger partial charge in [-0.05, 0) is 37.1 Å². The minimum absolute atomic E-state index is 0.221. The molecule has 0 saturated heterocycles. The molecule has 2 rings (SSSR count). The molecular formula is C14H19NO2. The Morgan fingerprint density at radius 3 is 2.88 bits per heavy atom. The molecular weight excluding hydrogens is 214 g/mol. The first-order chi connectivity index (χ1) is 8.19. The van der Waals surface area contributed by atoms with E-state index in [1.54, 1.807) is 18.2 Å². The van der Waals surface area contributed by atoms with E-state index < -0.39 is 5.54 Å². The van der Waals surface area contributed by atoms with E-state index >= 15 is 0 Å². The van der Waals surface area contributed by atoms with Crippen molar-refractivity contribution >= 4 is 5.78 Å². The summed E-state index contributed by atoms with van der Waals surface area (Å²) < 4.78 is 0. The Balaban J connectivity index is 2.42. The van der Waals surface area contributed by atoms with Crippen molar-refractivity contribution in [1.29, 1.82) is 0 Å². The standard InChI is InChI=1S/C14H19NO2/c1-2-15-14(9-4-3-8-13(14)17)11-6-5-7-12(16)10-11/h5-7,10,15-16H,2-4,8-9H2,1H3. The van der Waals surface area contributed by atoms with Crippen molar-refractivity contribution in [2.24, 2.45) is 0 Å². The Kier molecular flexibility index (Phi) is 3.48. The van der Waals surface area contributed by atoms with Crippen LogP contribution < -0.4 is 5.32 Å². The summed E-state index contributed by atoms with van der Waals surface area (Å²) in [4.78, 5) is 12.3. The smallest absolute Gasteiger partial charge is 0.157 e. The number of phenolic OH excluding ortho intramolecular Hbond substituents is 1. The molecule has 1 aromatic rings. The van der Waals surface area contributed by atoms with E-state index in [2.05, 4.69) is 5.32 Å². The lowest BCUT2D eigenvalue weighted by atomic mass is 9.75. The molecule has 0 amide bonds. The number of aromatic hydroxyl groups is 1. The van der Waals surface area contributed by atoms with E-state index in [9.17, 15) is 9.90 Å². The first-order valence-corrected chi connectivity index (χ1v) is 6.27. The van der Waals surface area contributed by atoms with Crippen molar-refractivity contribution in [2.75, 3.05) is 6.54 Å². The molecule has 3 heteroatoms. The van der Waals surface area contributed by atoms with Gasteiger partial charge in [-0.15, -0.1) is 0 Å². The Hall–Kier alpha value is -1.35. The van der Waals surface area contributed by atoms with Gasteiger partial charge >= 0.3 is 0 Å². The van der Waals surface area contributed by atoms with Gasteiger partial charge in [0, 0.05) is 6.42 Å². The minimum Gasteiger partial charge on any atom is -0.508 e. The summed E-state index contributed by atoms with van der Waals surface area (Å²) in [5, 5.41) is 12.9. The summed E-state index contributed by atoms with van der Waals surface area (Å²) in [5.74, 6) is 0.467. The number of likely N-dealkylation sites (N-methyl/N-ethyl adjacent to an activating group) is 1. The Bertz CT molecular complexity index is 412. The maximum Gasteiger partial charge on any atom is 0.157 e. The molecule has 1 aliphatic carbocycles. The molecule has 92 valence electrons. The van der Waals surface area contributed by atoms with Crippen LogP contribution in [0.2, 0.25) is 0 Å². The van der Waals surface area contributed by atoms with Gasteiger partial charge in [0.15, 0.2) is 5.78 Å². The lowest BCUT2D eigenvalue weighted by Crippen LogP contribution is -2.50. The molecule has 3 nitrogen and oxygen atoms in total. The van der Waals surface area contributed by atoms with E-state index in [1.165, 1.54) is 0 Å². The van der Waals surface area contributed by atoms with Gasteiger partial charge in [-0.25, -0.2) is 0 Å². The van der Waals surface area contributed by atoms with Crippen LogP contribution in [0, 0.1) is 0 Å². The van der Waals surface area contributed by atoms with Gasteiger partial charge in [0.25, 0.3) is 0 Å². The fourth-order valence-electron chi connectivity index (χ4n) is 2.70. The summed E-state index contributed by atoms with van der Waals surface area (Å²) in [6.45, 7) is 2.76. The molecule has 0 spiro atoms. The zero-order valence-electron chi connectivity index (χ0n) is 10.2. The first-order valence-electron chi connectivity index (χ1n) is 6.27. The molecule has 0 aliphatic heterocycles. The molecule has 1 aromatic carbocycles. The molecule has 0 radical (unpaired) electrons. The number of rotatable bonds is 3. The summed E-state index contributed by atoms with van der Waals surface area (Å²) in [7, 11) is 0. The van der Waals surface area contributed by atoms with Gasteiger partial charge in [0.05, 0.1) is 0 Å². The lowest BCUT2D eigenvalue weighted by Gasteiger charge is -2.37. The van der Waals surface area contributed by atoms with E-state index in [4.69, 9.17) is 0 Å². The quantitative estimate of drug-likeness (QED) is 0.842. The average molecular weight is 233 g/mol. The molecule has 0 aromatic heterocycles. The topological polar surface area (TPSA) is 49.3 Å². The molecule has 1 saturated carbocycles. The van der Waals surface area contributed by atoms with Gasteiger partial charge < -0.3 is 10.4 Å². The van der Waals surface area contributed by atoms with Crippen LogP contribution in [0.5, 0.6) is 5.75 Å². The molecule has 1 unspecified atom stereocenters. The highest BCUT2D eigenvalue weighted by Crippen LogP contribution is 2.35. The predicted octanol–water partition coefficient (Wildman–Crippen LogP) is 2.34. The second-order valence-electron chi connectivity index (χ2n) is 4.62. The maximum absolute atomic E-state index is 12.3. The fourth-order valence-corrected chi connectivity index (χ4v) is 2.70. The molecule has 1 atom stereocenters. The second-order valence-corrected chi connectivity index (χ2v) is 4.62. The van der Waals surface area contributed by atoms with Gasteiger partial charge in [-0.2, -0.15) is 0 Å². The number of nitrogens with one attached hydrogen (secondary N) is 1. The Morgan fingerprint density at radius 2 is 2.24 bits per heavy atom. The third-order valence-corrected chi connectivity index (χ3v) is 3.50. The summed E-state index contributed by atoms with van der Waals surface area (Å²) in [6, 6.07) is 7.06. The lowest BCUT2D eigenvalue weighted by molar-refractivity contribution is -0.128. The van der Waals surface area contributed by atoms with Gasteiger partial charge in [-0.3, -0.25) is 4.79 Å². The first kappa shape index (κ1) is 12.1. The second kappa shape index (κ2) is 4.88. The molecule has 17 heavy (non-hydrogen) atoms. The normalized spacial score (nSPS) is 24.9. The number of Topliss-reactive ketones (excluding diaryl/α,β-unsaturated/α-hetero) is 1. The zero-order valence-corrected chi connectivity index (χ0v) is 10.2. The summed E-state index contributed by atoms with van der Waals surface area (Å²) in [6.07, 6.45) is 3.48. The average Bonchev–Trinajstić information content (AvgIpc) is 2.32. The van der Waals surface area contributed by atoms with Crippen LogP contribution in [-0.4, -0.2) is 17.4 Å². The number of hydrogen-bond donors (Lipinski definition) is 2. The van der Waals surface area contributed by atoms with Gasteiger partial charge in [0.1, 0.15) is 11.3 Å². The molecule has 1 fully saturated rings. The van der Waals surface area contributed by atoms with Crippen molar-refractivity contribution in [1.82, 2.24) is 5.32 Å². The number of hydrogen-bond acceptors (Lipinski definition) is 3. The van der Waals surface area contributed by atoms with Crippen molar-refractivity contribution in [3.05, 3.63) is 29.8 Å². The van der Waals surface area contributed by atoms with Crippen LogP contribution in [0.3, 0.4) is 0 Å². The number of carbonyl (C=O) groups is 1. The highest BCUT2D eigenvalue weighted by Gasteiger charge is 2.40. The predicted molar refractivity (Wildman–Crippen MR) is 66.9 cm³/mol. The van der Waals surface area contributed by atoms with E-state index in [-0.39, 0.29) is 11.5 Å². The SMILES string of the molecule is CCNC1(c2cccc(O)c2)CCCCC1=O. The zero-order chi connectivity index (χ0) is 12.3. The van der Waals surface area contributed by atoms with Crippen LogP contribution >= 0.6 is 0 Å². The monoisotopic (exact) mass is 233 g/mol. The van der Waals surface area contributed by atoms with Crippen LogP contribution in [0.1, 0.15) is 38.2 Å². The number of phenols is 1. The van der Waals surface area contributed by atoms with Gasteiger partial charge in [0.2, 0.25) is 0 Å². The largest absolute Gasteiger partial charge is 0.508 e. The van der Waals surface area contributed by atoms with Crippen LogP contribution in [-0.2, 0) is 10.3 Å². The van der Waals surface area contributed by atoms with Crippen LogP contribution in [0.4, 0.5) is 0 Å². The van der Waals surface area contributed by atoms with Crippen molar-refractivity contribution < 1.29 is 9.90 Å². The third-order valence-electron chi connectivity index (χ3n) is 3.50. The van der Waals surface area contributed by atoms with Crippen molar-refractivity contribution in [3.63, 3.8) is 0 Å². The summed E-state index contributed by atoms with van der Waals surface area (Å²) >= 11 is 0. The molecule has 0 heterocycles. The van der Waals surface area contributed by atoms with Gasteiger partial charge in [-0.1, -0.05) is 25.5 Å². The molecule has 2 N–H and O–H groups in total. The number of benzene rings is 1. The van der Waals surface area contributed by atoms with E-state index in [0.717, 1.165) is 31.4 Å². The molecule has 1 aliphatic rings. The highest BCUT2D eigenvalue weighted by atomic mass is 16.3. The fraction of sp³-hybridized carbons (Fsp3) is 0.500. The van der Waals surface area contributed by atoms with E-state index in [0.29, 0.717) is 6.42 Å². The van der Waals surface area contributed by atoms with Crippen molar-refractivity contribution in [2.45, 2.75) is 38.1 Å². The molecule has 0 bridgehead atoms.